The van der Waals surface area contributed by atoms with E-state index in [1.54, 1.807) is 0 Å². The molecule has 0 saturated carbocycles. The lowest BCUT2D eigenvalue weighted by molar-refractivity contribution is 0.469. The Balaban J connectivity index is 1.52. The molecule has 5 aromatic rings. The molecule has 1 aromatic heterocycles. The minimum Gasteiger partial charge on any atom is -0.438 e. The third-order valence-corrected chi connectivity index (χ3v) is 5.05. The molecule has 0 atom stereocenters. The maximum Gasteiger partial charge on any atom is 0.230 e. The Labute approximate surface area is 175 Å². The van der Waals surface area contributed by atoms with Gasteiger partial charge in [-0.25, -0.2) is 4.98 Å². The molecule has 0 bridgehead atoms. The summed E-state index contributed by atoms with van der Waals surface area (Å²) < 4.78 is 6.22. The Morgan fingerprint density at radius 2 is 1.20 bits per heavy atom. The lowest BCUT2D eigenvalue weighted by Crippen LogP contribution is -1.96. The van der Waals surface area contributed by atoms with Crippen LogP contribution in [-0.2, 0) is 0 Å². The van der Waals surface area contributed by atoms with Crippen LogP contribution >= 0.6 is 0 Å². The van der Waals surface area contributed by atoms with E-state index < -0.39 is 0 Å². The molecular weight excluding hydrogens is 368 g/mol. The zero-order valence-corrected chi connectivity index (χ0v) is 16.6. The summed E-state index contributed by atoms with van der Waals surface area (Å²) >= 11 is 0. The Morgan fingerprint density at radius 1 is 0.567 bits per heavy atom. The zero-order valence-electron chi connectivity index (χ0n) is 16.6. The van der Waals surface area contributed by atoms with Crippen LogP contribution in [0.15, 0.2) is 103 Å². The first-order valence-electron chi connectivity index (χ1n) is 9.93. The van der Waals surface area contributed by atoms with Crippen molar-refractivity contribution in [2.45, 2.75) is 6.92 Å². The SMILES string of the molecule is Cc1ccc(-c2nc(Oc3ccc(-c4ccccc4)cc3)c3ccccc3n2)cc1. The number of fused-ring (bicyclic) bond motifs is 1. The predicted octanol–water partition coefficient (Wildman–Crippen LogP) is 7.06. The van der Waals surface area contributed by atoms with Gasteiger partial charge in [0.1, 0.15) is 5.75 Å². The molecule has 5 rings (SSSR count). The number of ether oxygens (including phenoxy) is 1. The highest BCUT2D eigenvalue weighted by Crippen LogP contribution is 2.31. The lowest BCUT2D eigenvalue weighted by Gasteiger charge is -2.11. The Hall–Kier alpha value is -3.98. The summed E-state index contributed by atoms with van der Waals surface area (Å²) in [5.41, 5.74) is 5.36. The van der Waals surface area contributed by atoms with Gasteiger partial charge < -0.3 is 4.74 Å². The van der Waals surface area contributed by atoms with Crippen LogP contribution < -0.4 is 4.74 Å². The van der Waals surface area contributed by atoms with Gasteiger partial charge in [0.15, 0.2) is 5.82 Å². The molecule has 1 heterocycles. The molecule has 4 aromatic carbocycles. The van der Waals surface area contributed by atoms with Gasteiger partial charge in [0.25, 0.3) is 0 Å². The highest BCUT2D eigenvalue weighted by atomic mass is 16.5. The molecule has 0 aliphatic heterocycles. The van der Waals surface area contributed by atoms with Crippen molar-refractivity contribution in [1.29, 1.82) is 0 Å². The molecule has 3 heteroatoms. The summed E-state index contributed by atoms with van der Waals surface area (Å²) in [5, 5.41) is 0.889. The smallest absolute Gasteiger partial charge is 0.230 e. The Bertz CT molecular complexity index is 1290. The number of nitrogens with zero attached hydrogens (tertiary/aromatic N) is 2. The summed E-state index contributed by atoms with van der Waals surface area (Å²) in [6, 6.07) is 34.5. The molecule has 0 spiro atoms. The number of para-hydroxylation sites is 1. The van der Waals surface area contributed by atoms with Gasteiger partial charge in [-0.05, 0) is 42.3 Å². The van der Waals surface area contributed by atoms with Crippen molar-refractivity contribution >= 4 is 10.9 Å². The number of rotatable bonds is 4. The molecule has 144 valence electrons. The van der Waals surface area contributed by atoms with E-state index in [-0.39, 0.29) is 0 Å². The monoisotopic (exact) mass is 388 g/mol. The lowest BCUT2D eigenvalue weighted by atomic mass is 10.1. The van der Waals surface area contributed by atoms with Crippen LogP contribution in [0.2, 0.25) is 0 Å². The van der Waals surface area contributed by atoms with Crippen molar-refractivity contribution in [2.75, 3.05) is 0 Å². The van der Waals surface area contributed by atoms with E-state index >= 15 is 0 Å². The minimum atomic E-state index is 0.559. The third kappa shape index (κ3) is 3.65. The van der Waals surface area contributed by atoms with Crippen LogP contribution in [-0.4, -0.2) is 9.97 Å². The molecular formula is C27H20N2O. The van der Waals surface area contributed by atoms with E-state index in [1.807, 2.05) is 66.7 Å². The topological polar surface area (TPSA) is 35.0 Å². The zero-order chi connectivity index (χ0) is 20.3. The Morgan fingerprint density at radius 3 is 1.97 bits per heavy atom. The molecule has 30 heavy (non-hydrogen) atoms. The molecule has 0 unspecified atom stereocenters. The largest absolute Gasteiger partial charge is 0.438 e. The van der Waals surface area contributed by atoms with Gasteiger partial charge in [-0.2, -0.15) is 4.98 Å². The average Bonchev–Trinajstić information content (AvgIpc) is 2.80. The molecule has 0 amide bonds. The first-order valence-corrected chi connectivity index (χ1v) is 9.93. The van der Waals surface area contributed by atoms with E-state index in [1.165, 1.54) is 11.1 Å². The summed E-state index contributed by atoms with van der Waals surface area (Å²) in [6.45, 7) is 2.07. The van der Waals surface area contributed by atoms with Gasteiger partial charge in [-0.3, -0.25) is 0 Å². The number of hydrogen-bond donors (Lipinski definition) is 0. The van der Waals surface area contributed by atoms with Crippen LogP contribution in [0.4, 0.5) is 0 Å². The van der Waals surface area contributed by atoms with E-state index in [4.69, 9.17) is 14.7 Å². The molecule has 0 N–H and O–H groups in total. The first kappa shape index (κ1) is 18.1. The number of benzene rings is 4. The van der Waals surface area contributed by atoms with Gasteiger partial charge >= 0.3 is 0 Å². The number of hydrogen-bond acceptors (Lipinski definition) is 3. The second-order valence-corrected chi connectivity index (χ2v) is 7.23. The van der Waals surface area contributed by atoms with Crippen LogP contribution in [0.25, 0.3) is 33.4 Å². The fourth-order valence-corrected chi connectivity index (χ4v) is 3.41. The second-order valence-electron chi connectivity index (χ2n) is 7.23. The maximum absolute atomic E-state index is 6.22. The van der Waals surface area contributed by atoms with E-state index in [2.05, 4.69) is 43.3 Å². The van der Waals surface area contributed by atoms with Crippen molar-refractivity contribution in [1.82, 2.24) is 9.97 Å². The van der Waals surface area contributed by atoms with Crippen molar-refractivity contribution in [3.05, 3.63) is 109 Å². The minimum absolute atomic E-state index is 0.559. The van der Waals surface area contributed by atoms with Gasteiger partial charge in [-0.1, -0.05) is 84.4 Å². The van der Waals surface area contributed by atoms with Crippen LogP contribution in [0.1, 0.15) is 5.56 Å². The van der Waals surface area contributed by atoms with Gasteiger partial charge in [0.05, 0.1) is 10.9 Å². The predicted molar refractivity (Wildman–Crippen MR) is 122 cm³/mol. The summed E-state index contributed by atoms with van der Waals surface area (Å²) in [4.78, 5) is 9.48. The summed E-state index contributed by atoms with van der Waals surface area (Å²) in [5.74, 6) is 1.96. The molecule has 0 radical (unpaired) electrons. The van der Waals surface area contributed by atoms with E-state index in [9.17, 15) is 0 Å². The first-order chi connectivity index (χ1) is 14.8. The normalized spacial score (nSPS) is 10.8. The highest BCUT2D eigenvalue weighted by Gasteiger charge is 2.11. The number of aromatic nitrogens is 2. The maximum atomic E-state index is 6.22. The molecule has 0 aliphatic carbocycles. The van der Waals surface area contributed by atoms with Crippen molar-refractivity contribution in [2.24, 2.45) is 0 Å². The fourth-order valence-electron chi connectivity index (χ4n) is 3.41. The molecule has 0 fully saturated rings. The van der Waals surface area contributed by atoms with Gasteiger partial charge in [0.2, 0.25) is 5.88 Å². The fraction of sp³-hybridized carbons (Fsp3) is 0.0370. The second kappa shape index (κ2) is 7.80. The molecule has 0 saturated heterocycles. The Kier molecular flexibility index (Phi) is 4.70. The van der Waals surface area contributed by atoms with E-state index in [0.29, 0.717) is 11.7 Å². The van der Waals surface area contributed by atoms with Gasteiger partial charge in [-0.15, -0.1) is 0 Å². The van der Waals surface area contributed by atoms with Gasteiger partial charge in [0, 0.05) is 5.56 Å². The summed E-state index contributed by atoms with van der Waals surface area (Å²) in [6.07, 6.45) is 0. The van der Waals surface area contributed by atoms with Crippen LogP contribution in [0.5, 0.6) is 11.6 Å². The van der Waals surface area contributed by atoms with Crippen molar-refractivity contribution < 1.29 is 4.74 Å². The highest BCUT2D eigenvalue weighted by molar-refractivity contribution is 5.85. The molecule has 3 nitrogen and oxygen atoms in total. The van der Waals surface area contributed by atoms with Crippen LogP contribution in [0, 0.1) is 6.92 Å². The van der Waals surface area contributed by atoms with Crippen LogP contribution in [0.3, 0.4) is 0 Å². The van der Waals surface area contributed by atoms with E-state index in [0.717, 1.165) is 27.8 Å². The summed E-state index contributed by atoms with van der Waals surface area (Å²) in [7, 11) is 0. The quantitative estimate of drug-likeness (QED) is 0.330. The molecule has 0 aliphatic rings. The average molecular weight is 388 g/mol. The number of aryl methyl sites for hydroxylation is 1. The van der Waals surface area contributed by atoms with Crippen molar-refractivity contribution in [3.63, 3.8) is 0 Å². The standard InChI is InChI=1S/C27H20N2O/c1-19-11-13-22(14-12-19)26-28-25-10-6-5-9-24(25)27(29-26)30-23-17-15-21(16-18-23)20-7-3-2-4-8-20/h2-18H,1H3. The van der Waals surface area contributed by atoms with Crippen molar-refractivity contribution in [3.8, 4) is 34.1 Å². The third-order valence-electron chi connectivity index (χ3n) is 5.05.